The quantitative estimate of drug-likeness (QED) is 0.636. The number of aromatic nitrogens is 1. The number of amides is 1. The number of hydrogen-bond acceptors (Lipinski definition) is 5. The first kappa shape index (κ1) is 13.2. The Morgan fingerprint density at radius 2 is 2.44 bits per heavy atom. The SMILES string of the molecule is Cc1cc(NN)c(C(=O)N(C)C2CCSC2)cn1. The number of anilines is 1. The molecule has 1 atom stereocenters. The molecule has 0 aromatic carbocycles. The van der Waals surface area contributed by atoms with Crippen molar-refractivity contribution in [1.82, 2.24) is 9.88 Å². The van der Waals surface area contributed by atoms with Gasteiger partial charge in [-0.1, -0.05) is 0 Å². The van der Waals surface area contributed by atoms with Gasteiger partial charge in [0.05, 0.1) is 11.3 Å². The fourth-order valence-electron chi connectivity index (χ4n) is 2.03. The van der Waals surface area contributed by atoms with Crippen molar-refractivity contribution in [1.29, 1.82) is 0 Å². The monoisotopic (exact) mass is 266 g/mol. The highest BCUT2D eigenvalue weighted by atomic mass is 32.2. The number of nitrogens with two attached hydrogens (primary N) is 1. The molecular formula is C12H18N4OS. The Kier molecular flexibility index (Phi) is 4.08. The third kappa shape index (κ3) is 2.59. The van der Waals surface area contributed by atoms with Crippen LogP contribution in [0.15, 0.2) is 12.3 Å². The summed E-state index contributed by atoms with van der Waals surface area (Å²) in [6.45, 7) is 1.87. The van der Waals surface area contributed by atoms with Gasteiger partial charge in [-0.15, -0.1) is 0 Å². The first-order valence-electron chi connectivity index (χ1n) is 5.91. The minimum absolute atomic E-state index is 0.0250. The summed E-state index contributed by atoms with van der Waals surface area (Å²) in [5.74, 6) is 7.56. The highest BCUT2D eigenvalue weighted by Gasteiger charge is 2.26. The van der Waals surface area contributed by atoms with Crippen molar-refractivity contribution in [3.05, 3.63) is 23.5 Å². The lowest BCUT2D eigenvalue weighted by atomic mass is 10.1. The number of nitrogens with one attached hydrogen (secondary N) is 1. The molecule has 2 rings (SSSR count). The maximum Gasteiger partial charge on any atom is 0.257 e. The summed E-state index contributed by atoms with van der Waals surface area (Å²) < 4.78 is 0. The smallest absolute Gasteiger partial charge is 0.257 e. The summed E-state index contributed by atoms with van der Waals surface area (Å²) in [5, 5.41) is 0. The van der Waals surface area contributed by atoms with Crippen molar-refractivity contribution in [3.8, 4) is 0 Å². The number of nitrogen functional groups attached to an aromatic ring is 1. The third-order valence-corrected chi connectivity index (χ3v) is 4.35. The Morgan fingerprint density at radius 3 is 3.06 bits per heavy atom. The average molecular weight is 266 g/mol. The normalized spacial score (nSPS) is 18.7. The van der Waals surface area contributed by atoms with Crippen LogP contribution in [0.5, 0.6) is 0 Å². The Balaban J connectivity index is 2.22. The summed E-state index contributed by atoms with van der Waals surface area (Å²) in [6.07, 6.45) is 2.64. The van der Waals surface area contributed by atoms with E-state index in [0.29, 0.717) is 17.3 Å². The minimum Gasteiger partial charge on any atom is -0.338 e. The van der Waals surface area contributed by atoms with Crippen molar-refractivity contribution in [3.63, 3.8) is 0 Å². The maximum atomic E-state index is 12.4. The molecule has 0 saturated carbocycles. The summed E-state index contributed by atoms with van der Waals surface area (Å²) >= 11 is 1.89. The zero-order valence-corrected chi connectivity index (χ0v) is 11.5. The van der Waals surface area contributed by atoms with Crippen molar-refractivity contribution in [2.75, 3.05) is 24.0 Å². The van der Waals surface area contributed by atoms with Gasteiger partial charge in [-0.3, -0.25) is 15.6 Å². The van der Waals surface area contributed by atoms with Gasteiger partial charge in [0, 0.05) is 30.7 Å². The Labute approximate surface area is 111 Å². The first-order chi connectivity index (χ1) is 8.63. The summed E-state index contributed by atoms with van der Waals surface area (Å²) in [7, 11) is 1.85. The van der Waals surface area contributed by atoms with Gasteiger partial charge in [0.1, 0.15) is 0 Å². The molecule has 1 aromatic rings. The molecule has 1 unspecified atom stereocenters. The Hall–Kier alpha value is -1.27. The number of thioether (sulfide) groups is 1. The van der Waals surface area contributed by atoms with Crippen LogP contribution in [0.3, 0.4) is 0 Å². The molecular weight excluding hydrogens is 248 g/mol. The number of carbonyl (C=O) groups excluding carboxylic acids is 1. The second-order valence-electron chi connectivity index (χ2n) is 4.45. The van der Waals surface area contributed by atoms with E-state index in [9.17, 15) is 4.79 Å². The highest BCUT2D eigenvalue weighted by molar-refractivity contribution is 7.99. The Morgan fingerprint density at radius 1 is 1.67 bits per heavy atom. The molecule has 2 heterocycles. The van der Waals surface area contributed by atoms with E-state index in [1.54, 1.807) is 17.2 Å². The van der Waals surface area contributed by atoms with E-state index in [2.05, 4.69) is 10.4 Å². The molecule has 1 fully saturated rings. The average Bonchev–Trinajstić information content (AvgIpc) is 2.90. The van der Waals surface area contributed by atoms with Crippen molar-refractivity contribution in [2.45, 2.75) is 19.4 Å². The van der Waals surface area contributed by atoms with Crippen molar-refractivity contribution in [2.24, 2.45) is 5.84 Å². The molecule has 1 amide bonds. The number of hydrogen-bond donors (Lipinski definition) is 2. The summed E-state index contributed by atoms with van der Waals surface area (Å²) in [5.41, 5.74) is 4.56. The molecule has 0 bridgehead atoms. The van der Waals surface area contributed by atoms with Crippen LogP contribution in [0.1, 0.15) is 22.5 Å². The number of carbonyl (C=O) groups is 1. The van der Waals surface area contributed by atoms with Gasteiger partial charge in [-0.2, -0.15) is 11.8 Å². The van der Waals surface area contributed by atoms with Gasteiger partial charge in [0.25, 0.3) is 5.91 Å². The zero-order valence-electron chi connectivity index (χ0n) is 10.6. The number of hydrazine groups is 1. The van der Waals surface area contributed by atoms with Crippen LogP contribution >= 0.6 is 11.8 Å². The zero-order chi connectivity index (χ0) is 13.1. The van der Waals surface area contributed by atoms with E-state index in [4.69, 9.17) is 5.84 Å². The molecule has 0 aliphatic carbocycles. The lowest BCUT2D eigenvalue weighted by Gasteiger charge is -2.24. The van der Waals surface area contributed by atoms with Gasteiger partial charge in [0.2, 0.25) is 0 Å². The Bertz CT molecular complexity index is 446. The van der Waals surface area contributed by atoms with E-state index in [1.165, 1.54) is 0 Å². The van der Waals surface area contributed by atoms with Crippen LogP contribution in [0.4, 0.5) is 5.69 Å². The summed E-state index contributed by atoms with van der Waals surface area (Å²) in [4.78, 5) is 18.4. The largest absolute Gasteiger partial charge is 0.338 e. The van der Waals surface area contributed by atoms with Crippen LogP contribution < -0.4 is 11.3 Å². The molecule has 1 aliphatic rings. The molecule has 98 valence electrons. The molecule has 6 heteroatoms. The number of pyridine rings is 1. The molecule has 3 N–H and O–H groups in total. The molecule has 1 aromatic heterocycles. The van der Waals surface area contributed by atoms with E-state index in [-0.39, 0.29) is 5.91 Å². The number of rotatable bonds is 3. The van der Waals surface area contributed by atoms with Crippen LogP contribution in [0.25, 0.3) is 0 Å². The van der Waals surface area contributed by atoms with Crippen LogP contribution in [0, 0.1) is 6.92 Å². The third-order valence-electron chi connectivity index (χ3n) is 3.20. The van der Waals surface area contributed by atoms with Gasteiger partial charge >= 0.3 is 0 Å². The van der Waals surface area contributed by atoms with Crippen LogP contribution in [-0.2, 0) is 0 Å². The van der Waals surface area contributed by atoms with E-state index in [1.807, 2.05) is 25.7 Å². The van der Waals surface area contributed by atoms with Crippen molar-refractivity contribution < 1.29 is 4.79 Å². The molecule has 5 nitrogen and oxygen atoms in total. The first-order valence-corrected chi connectivity index (χ1v) is 7.07. The second-order valence-corrected chi connectivity index (χ2v) is 5.60. The lowest BCUT2D eigenvalue weighted by Crippen LogP contribution is -2.37. The fraction of sp³-hybridized carbons (Fsp3) is 0.500. The predicted molar refractivity (Wildman–Crippen MR) is 74.6 cm³/mol. The van der Waals surface area contributed by atoms with E-state index >= 15 is 0 Å². The molecule has 1 saturated heterocycles. The van der Waals surface area contributed by atoms with Gasteiger partial charge in [-0.25, -0.2) is 0 Å². The topological polar surface area (TPSA) is 71.2 Å². The van der Waals surface area contributed by atoms with E-state index < -0.39 is 0 Å². The minimum atomic E-state index is -0.0250. The molecule has 1 aliphatic heterocycles. The maximum absolute atomic E-state index is 12.4. The molecule has 0 spiro atoms. The second kappa shape index (κ2) is 5.58. The van der Waals surface area contributed by atoms with Gasteiger partial charge in [0.15, 0.2) is 0 Å². The van der Waals surface area contributed by atoms with Crippen molar-refractivity contribution >= 4 is 23.4 Å². The number of aryl methyl sites for hydroxylation is 1. The lowest BCUT2D eigenvalue weighted by molar-refractivity contribution is 0.0748. The van der Waals surface area contributed by atoms with E-state index in [0.717, 1.165) is 23.6 Å². The fourth-order valence-corrected chi connectivity index (χ4v) is 3.30. The number of nitrogens with zero attached hydrogens (tertiary/aromatic N) is 2. The van der Waals surface area contributed by atoms with Gasteiger partial charge in [-0.05, 0) is 25.2 Å². The van der Waals surface area contributed by atoms with Crippen LogP contribution in [-0.4, -0.2) is 40.4 Å². The standard InChI is InChI=1S/C12H18N4OS/c1-8-5-11(15-13)10(6-14-8)12(17)16(2)9-3-4-18-7-9/h5-6,9H,3-4,7,13H2,1-2H3,(H,14,15). The predicted octanol–water partition coefficient (Wildman–Crippen LogP) is 1.25. The van der Waals surface area contributed by atoms with Gasteiger partial charge < -0.3 is 10.3 Å². The highest BCUT2D eigenvalue weighted by Crippen LogP contribution is 2.24. The van der Waals surface area contributed by atoms with Crippen LogP contribution in [0.2, 0.25) is 0 Å². The molecule has 0 radical (unpaired) electrons. The molecule has 18 heavy (non-hydrogen) atoms. The summed E-state index contributed by atoms with van der Waals surface area (Å²) in [6, 6.07) is 2.10.